The molecule has 0 saturated heterocycles. The van der Waals surface area contributed by atoms with Crippen molar-refractivity contribution in [3.05, 3.63) is 30.3 Å². The van der Waals surface area contributed by atoms with E-state index in [0.29, 0.717) is 0 Å². The van der Waals surface area contributed by atoms with Crippen LogP contribution in [-0.2, 0) is 4.57 Å². The second kappa shape index (κ2) is 5.57. The third-order valence-corrected chi connectivity index (χ3v) is 4.19. The lowest BCUT2D eigenvalue weighted by Crippen LogP contribution is -2.42. The Bertz CT molecular complexity index is 352. The fourth-order valence-corrected chi connectivity index (χ4v) is 3.33. The molecule has 1 aromatic rings. The second-order valence-electron chi connectivity index (χ2n) is 3.93. The molecule has 0 aromatic heterocycles. The van der Waals surface area contributed by atoms with E-state index in [-0.39, 0.29) is 0 Å². The van der Waals surface area contributed by atoms with Crippen molar-refractivity contribution < 1.29 is 4.57 Å². The minimum Gasteiger partial charge on any atom is -0.281 e. The standard InChI is InChI=1S/C10H19N4OP/c1-13(2)11-16(15,12-14(3)4)10-8-6-5-7-9-10/h5-9H,1-4H3,(H2,11,12,15). The number of hydrazine groups is 2. The first-order valence-corrected chi connectivity index (χ1v) is 6.71. The van der Waals surface area contributed by atoms with E-state index in [1.165, 1.54) is 0 Å². The summed E-state index contributed by atoms with van der Waals surface area (Å²) in [5, 5.41) is 10.00. The molecule has 1 aromatic carbocycles. The van der Waals surface area contributed by atoms with Crippen LogP contribution in [-0.4, -0.2) is 38.2 Å². The molecule has 0 aliphatic rings. The van der Waals surface area contributed by atoms with Gasteiger partial charge in [-0.3, -0.25) is 4.57 Å². The van der Waals surface area contributed by atoms with Gasteiger partial charge >= 0.3 is 0 Å². The molecular weight excluding hydrogens is 223 g/mol. The lowest BCUT2D eigenvalue weighted by Gasteiger charge is -2.27. The Morgan fingerprint density at radius 1 is 0.938 bits per heavy atom. The van der Waals surface area contributed by atoms with Crippen LogP contribution in [0.5, 0.6) is 0 Å². The fourth-order valence-electron chi connectivity index (χ4n) is 1.34. The summed E-state index contributed by atoms with van der Waals surface area (Å²) in [6, 6.07) is 9.33. The topological polar surface area (TPSA) is 47.6 Å². The van der Waals surface area contributed by atoms with E-state index in [4.69, 9.17) is 0 Å². The molecule has 0 unspecified atom stereocenters. The Kier molecular flexibility index (Phi) is 4.65. The maximum Gasteiger partial charge on any atom is 0.266 e. The average Bonchev–Trinajstić information content (AvgIpc) is 2.16. The number of nitrogens with one attached hydrogen (secondary N) is 2. The molecule has 0 bridgehead atoms. The highest BCUT2D eigenvalue weighted by Gasteiger charge is 2.25. The predicted octanol–water partition coefficient (Wildman–Crippen LogP) is 0.637. The summed E-state index contributed by atoms with van der Waals surface area (Å²) in [6.45, 7) is 0. The number of rotatable bonds is 5. The summed E-state index contributed by atoms with van der Waals surface area (Å²) < 4.78 is 12.7. The van der Waals surface area contributed by atoms with E-state index in [1.54, 1.807) is 10.0 Å². The Morgan fingerprint density at radius 2 is 1.38 bits per heavy atom. The number of hydrogen-bond donors (Lipinski definition) is 2. The molecule has 90 valence electrons. The monoisotopic (exact) mass is 242 g/mol. The van der Waals surface area contributed by atoms with Crippen LogP contribution in [0.1, 0.15) is 0 Å². The summed E-state index contributed by atoms with van der Waals surface area (Å²) in [7, 11) is 4.42. The zero-order valence-electron chi connectivity index (χ0n) is 10.1. The number of benzene rings is 1. The zero-order valence-corrected chi connectivity index (χ0v) is 11.0. The van der Waals surface area contributed by atoms with Crippen LogP contribution < -0.4 is 15.7 Å². The SMILES string of the molecule is CN(C)NP(=O)(NN(C)C)c1ccccc1. The van der Waals surface area contributed by atoms with Gasteiger partial charge in [0.2, 0.25) is 0 Å². The van der Waals surface area contributed by atoms with Crippen molar-refractivity contribution in [2.45, 2.75) is 0 Å². The van der Waals surface area contributed by atoms with Gasteiger partial charge in [-0.25, -0.2) is 10.0 Å². The third kappa shape index (κ3) is 3.70. The molecule has 16 heavy (non-hydrogen) atoms. The van der Waals surface area contributed by atoms with E-state index < -0.39 is 7.44 Å². The number of nitrogens with zero attached hydrogens (tertiary/aromatic N) is 2. The van der Waals surface area contributed by atoms with E-state index in [1.807, 2.05) is 58.5 Å². The predicted molar refractivity (Wildman–Crippen MR) is 67.3 cm³/mol. The van der Waals surface area contributed by atoms with Crippen molar-refractivity contribution >= 4 is 12.7 Å². The molecule has 0 radical (unpaired) electrons. The Balaban J connectivity index is 3.00. The summed E-state index contributed by atoms with van der Waals surface area (Å²) >= 11 is 0. The molecule has 1 rings (SSSR count). The molecule has 0 aliphatic carbocycles. The molecule has 0 spiro atoms. The Hall–Kier alpha value is -0.710. The summed E-state index contributed by atoms with van der Waals surface area (Å²) in [5.74, 6) is 0. The van der Waals surface area contributed by atoms with Crippen molar-refractivity contribution in [2.75, 3.05) is 28.2 Å². The van der Waals surface area contributed by atoms with E-state index in [0.717, 1.165) is 5.30 Å². The van der Waals surface area contributed by atoms with Gasteiger partial charge < -0.3 is 0 Å². The quantitative estimate of drug-likeness (QED) is 0.586. The average molecular weight is 242 g/mol. The van der Waals surface area contributed by atoms with Gasteiger partial charge in [0.05, 0.1) is 0 Å². The van der Waals surface area contributed by atoms with Crippen molar-refractivity contribution in [3.8, 4) is 0 Å². The highest BCUT2D eigenvalue weighted by molar-refractivity contribution is 7.67. The van der Waals surface area contributed by atoms with Gasteiger partial charge in [0, 0.05) is 33.5 Å². The van der Waals surface area contributed by atoms with Crippen molar-refractivity contribution in [3.63, 3.8) is 0 Å². The van der Waals surface area contributed by atoms with Crippen molar-refractivity contribution in [1.82, 2.24) is 20.4 Å². The van der Waals surface area contributed by atoms with Gasteiger partial charge in [0.1, 0.15) is 0 Å². The first-order chi connectivity index (χ1) is 7.44. The summed E-state index contributed by atoms with van der Waals surface area (Å²) in [4.78, 5) is 0. The molecule has 0 amide bonds. The van der Waals surface area contributed by atoms with Crippen LogP contribution in [0.4, 0.5) is 0 Å². The summed E-state index contributed by atoms with van der Waals surface area (Å²) in [5.41, 5.74) is 0. The van der Waals surface area contributed by atoms with Gasteiger partial charge in [-0.2, -0.15) is 10.4 Å². The lowest BCUT2D eigenvalue weighted by atomic mass is 10.4. The first kappa shape index (κ1) is 13.4. The maximum atomic E-state index is 12.7. The van der Waals surface area contributed by atoms with Crippen LogP contribution >= 0.6 is 7.44 Å². The normalized spacial score (nSPS) is 12.4. The Labute approximate surface area is 96.9 Å². The first-order valence-electron chi connectivity index (χ1n) is 5.00. The Morgan fingerprint density at radius 3 is 1.75 bits per heavy atom. The molecule has 0 saturated carbocycles. The van der Waals surface area contributed by atoms with Crippen molar-refractivity contribution in [2.24, 2.45) is 0 Å². The fraction of sp³-hybridized carbons (Fsp3) is 0.400. The third-order valence-electron chi connectivity index (χ3n) is 1.80. The van der Waals surface area contributed by atoms with Gasteiger partial charge in [0.15, 0.2) is 0 Å². The van der Waals surface area contributed by atoms with Gasteiger partial charge in [-0.1, -0.05) is 18.2 Å². The largest absolute Gasteiger partial charge is 0.281 e. The molecule has 5 nitrogen and oxygen atoms in total. The van der Waals surface area contributed by atoms with E-state index >= 15 is 0 Å². The molecule has 0 atom stereocenters. The number of hydrogen-bond acceptors (Lipinski definition) is 3. The molecule has 6 heteroatoms. The van der Waals surface area contributed by atoms with E-state index in [2.05, 4.69) is 10.4 Å². The molecule has 0 fully saturated rings. The molecule has 0 heterocycles. The second-order valence-corrected chi connectivity index (χ2v) is 6.07. The van der Waals surface area contributed by atoms with Crippen LogP contribution in [0.3, 0.4) is 0 Å². The van der Waals surface area contributed by atoms with Gasteiger partial charge in [-0.05, 0) is 12.1 Å². The molecule has 0 aliphatic heterocycles. The lowest BCUT2D eigenvalue weighted by molar-refractivity contribution is 0.324. The highest BCUT2D eigenvalue weighted by Crippen LogP contribution is 2.34. The zero-order chi connectivity index (χ0) is 12.2. The smallest absolute Gasteiger partial charge is 0.266 e. The maximum absolute atomic E-state index is 12.7. The van der Waals surface area contributed by atoms with Gasteiger partial charge in [0.25, 0.3) is 7.44 Å². The van der Waals surface area contributed by atoms with Crippen LogP contribution in [0.25, 0.3) is 0 Å². The van der Waals surface area contributed by atoms with Crippen molar-refractivity contribution in [1.29, 1.82) is 0 Å². The van der Waals surface area contributed by atoms with E-state index in [9.17, 15) is 4.57 Å². The molecular formula is C10H19N4OP. The minimum absolute atomic E-state index is 0.748. The summed E-state index contributed by atoms with van der Waals surface area (Å²) in [6.07, 6.45) is 0. The van der Waals surface area contributed by atoms with Crippen LogP contribution in [0.2, 0.25) is 0 Å². The minimum atomic E-state index is -2.83. The molecule has 2 N–H and O–H groups in total. The highest BCUT2D eigenvalue weighted by atomic mass is 31.2. The van der Waals surface area contributed by atoms with Gasteiger partial charge in [-0.15, -0.1) is 0 Å². The van der Waals surface area contributed by atoms with Crippen LogP contribution in [0.15, 0.2) is 30.3 Å². The van der Waals surface area contributed by atoms with Crippen LogP contribution in [0, 0.1) is 0 Å².